The Kier molecular flexibility index (Phi) is 3.76. The molecule has 3 rings (SSSR count). The molecule has 2 atom stereocenters. The van der Waals surface area contributed by atoms with Crippen molar-refractivity contribution in [3.05, 3.63) is 35.4 Å². The molecule has 0 unspecified atom stereocenters. The van der Waals surface area contributed by atoms with E-state index in [1.807, 2.05) is 17.0 Å². The quantitative estimate of drug-likeness (QED) is 0.891. The minimum atomic E-state index is 0.127. The van der Waals surface area contributed by atoms with Crippen molar-refractivity contribution in [1.82, 2.24) is 10.2 Å². The number of hydrogen-bond donors (Lipinski definition) is 1. The van der Waals surface area contributed by atoms with Crippen LogP contribution < -0.4 is 5.32 Å². The molecule has 0 bridgehead atoms. The minimum Gasteiger partial charge on any atom is -0.373 e. The van der Waals surface area contributed by atoms with Crippen LogP contribution >= 0.6 is 0 Å². The van der Waals surface area contributed by atoms with E-state index >= 15 is 0 Å². The molecule has 1 aromatic rings. The van der Waals surface area contributed by atoms with Crippen LogP contribution in [0.5, 0.6) is 0 Å². The van der Waals surface area contributed by atoms with Crippen molar-refractivity contribution in [2.75, 3.05) is 26.2 Å². The number of fused-ring (bicyclic) bond motifs is 1. The number of benzene rings is 1. The zero-order valence-electron chi connectivity index (χ0n) is 12.1. The Morgan fingerprint density at radius 3 is 2.75 bits per heavy atom. The van der Waals surface area contributed by atoms with E-state index in [0.29, 0.717) is 19.1 Å². The van der Waals surface area contributed by atoms with Gasteiger partial charge in [-0.1, -0.05) is 26.0 Å². The summed E-state index contributed by atoms with van der Waals surface area (Å²) in [6.45, 7) is 7.33. The summed E-state index contributed by atoms with van der Waals surface area (Å²) in [6, 6.07) is 8.20. The molecule has 1 amide bonds. The average Bonchev–Trinajstić information content (AvgIpc) is 2.95. The summed E-state index contributed by atoms with van der Waals surface area (Å²) in [5, 5.41) is 3.31. The van der Waals surface area contributed by atoms with Gasteiger partial charge in [0, 0.05) is 25.2 Å². The van der Waals surface area contributed by atoms with E-state index in [9.17, 15) is 4.79 Å². The molecule has 2 heterocycles. The highest BCUT2D eigenvalue weighted by Gasteiger charge is 2.38. The van der Waals surface area contributed by atoms with Gasteiger partial charge in [0.1, 0.15) is 0 Å². The number of ether oxygens (including phenoxy) is 1. The highest BCUT2D eigenvalue weighted by Crippen LogP contribution is 2.21. The third-order valence-electron chi connectivity index (χ3n) is 4.28. The molecule has 0 saturated carbocycles. The summed E-state index contributed by atoms with van der Waals surface area (Å²) in [6.07, 6.45) is 0.155. The van der Waals surface area contributed by atoms with Crippen LogP contribution in [0, 0.1) is 0 Å². The van der Waals surface area contributed by atoms with Gasteiger partial charge >= 0.3 is 0 Å². The molecular weight excluding hydrogens is 252 g/mol. The Hall–Kier alpha value is -1.39. The van der Waals surface area contributed by atoms with Gasteiger partial charge in [-0.15, -0.1) is 0 Å². The van der Waals surface area contributed by atoms with Gasteiger partial charge in [-0.3, -0.25) is 4.79 Å². The molecule has 1 aromatic carbocycles. The van der Waals surface area contributed by atoms with Gasteiger partial charge in [-0.25, -0.2) is 0 Å². The predicted molar refractivity (Wildman–Crippen MR) is 78.0 cm³/mol. The second-order valence-corrected chi connectivity index (χ2v) is 5.91. The third-order valence-corrected chi connectivity index (χ3v) is 4.28. The average molecular weight is 274 g/mol. The fraction of sp³-hybridized carbons (Fsp3) is 0.562. The maximum Gasteiger partial charge on any atom is 0.254 e. The maximum atomic E-state index is 12.7. The number of nitrogens with one attached hydrogen (secondary N) is 1. The van der Waals surface area contributed by atoms with E-state index in [4.69, 9.17) is 4.74 Å². The van der Waals surface area contributed by atoms with Gasteiger partial charge in [-0.2, -0.15) is 0 Å². The number of amides is 1. The van der Waals surface area contributed by atoms with Crippen LogP contribution in [-0.4, -0.2) is 49.2 Å². The van der Waals surface area contributed by atoms with Crippen molar-refractivity contribution in [2.24, 2.45) is 0 Å². The van der Waals surface area contributed by atoms with Crippen molar-refractivity contribution in [2.45, 2.75) is 31.9 Å². The number of morpholine rings is 1. The largest absolute Gasteiger partial charge is 0.373 e. The fourth-order valence-electron chi connectivity index (χ4n) is 3.02. The second kappa shape index (κ2) is 5.54. The van der Waals surface area contributed by atoms with E-state index in [2.05, 4.69) is 31.3 Å². The molecule has 4 heteroatoms. The number of carbonyl (C=O) groups is 1. The molecule has 0 aliphatic carbocycles. The van der Waals surface area contributed by atoms with Crippen LogP contribution in [0.1, 0.15) is 35.7 Å². The molecule has 4 nitrogen and oxygen atoms in total. The van der Waals surface area contributed by atoms with E-state index in [0.717, 1.165) is 18.7 Å². The van der Waals surface area contributed by atoms with Crippen molar-refractivity contribution in [3.8, 4) is 0 Å². The smallest absolute Gasteiger partial charge is 0.254 e. The first kappa shape index (κ1) is 13.6. The lowest BCUT2D eigenvalue weighted by atomic mass is 10.0. The summed E-state index contributed by atoms with van der Waals surface area (Å²) in [4.78, 5) is 14.6. The lowest BCUT2D eigenvalue weighted by Gasteiger charge is -2.37. The first-order valence-corrected chi connectivity index (χ1v) is 7.40. The first-order valence-electron chi connectivity index (χ1n) is 7.40. The van der Waals surface area contributed by atoms with Crippen LogP contribution in [0.2, 0.25) is 0 Å². The Balaban J connectivity index is 1.77. The molecule has 1 N–H and O–H groups in total. The molecule has 2 fully saturated rings. The van der Waals surface area contributed by atoms with E-state index in [1.54, 1.807) is 0 Å². The lowest BCUT2D eigenvalue weighted by molar-refractivity contribution is -0.0364. The number of hydrogen-bond acceptors (Lipinski definition) is 3. The number of rotatable bonds is 2. The maximum absolute atomic E-state index is 12.7. The van der Waals surface area contributed by atoms with Crippen LogP contribution in [0.4, 0.5) is 0 Å². The second-order valence-electron chi connectivity index (χ2n) is 5.91. The van der Waals surface area contributed by atoms with Gasteiger partial charge in [0.2, 0.25) is 0 Å². The number of carbonyl (C=O) groups excluding carboxylic acids is 1. The monoisotopic (exact) mass is 274 g/mol. The van der Waals surface area contributed by atoms with E-state index in [1.165, 1.54) is 5.56 Å². The molecule has 20 heavy (non-hydrogen) atoms. The molecule has 2 saturated heterocycles. The SMILES string of the molecule is CC(C)c1ccc(C(=O)N2CCO[C@@H]3CNC[C@@H]32)cc1. The van der Waals surface area contributed by atoms with Gasteiger partial charge in [0.05, 0.1) is 18.8 Å². The van der Waals surface area contributed by atoms with Gasteiger partial charge < -0.3 is 15.0 Å². The lowest BCUT2D eigenvalue weighted by Crippen LogP contribution is -2.53. The van der Waals surface area contributed by atoms with E-state index < -0.39 is 0 Å². The predicted octanol–water partition coefficient (Wildman–Crippen LogP) is 1.62. The Bertz CT molecular complexity index is 484. The van der Waals surface area contributed by atoms with Crippen LogP contribution in [0.3, 0.4) is 0 Å². The van der Waals surface area contributed by atoms with Gasteiger partial charge in [-0.05, 0) is 23.6 Å². The van der Waals surface area contributed by atoms with Crippen molar-refractivity contribution >= 4 is 5.91 Å². The van der Waals surface area contributed by atoms with Crippen molar-refractivity contribution in [3.63, 3.8) is 0 Å². The molecule has 2 aliphatic rings. The minimum absolute atomic E-state index is 0.127. The van der Waals surface area contributed by atoms with Crippen molar-refractivity contribution in [1.29, 1.82) is 0 Å². The Morgan fingerprint density at radius 1 is 1.30 bits per heavy atom. The van der Waals surface area contributed by atoms with E-state index in [-0.39, 0.29) is 18.1 Å². The van der Waals surface area contributed by atoms with Crippen LogP contribution in [0.25, 0.3) is 0 Å². The summed E-state index contributed by atoms with van der Waals surface area (Å²) < 4.78 is 5.71. The summed E-state index contributed by atoms with van der Waals surface area (Å²) in [5.41, 5.74) is 2.05. The molecule has 0 spiro atoms. The molecular formula is C16H22N2O2. The first-order chi connectivity index (χ1) is 9.66. The fourth-order valence-corrected chi connectivity index (χ4v) is 3.02. The Labute approximate surface area is 120 Å². The van der Waals surface area contributed by atoms with Crippen LogP contribution in [-0.2, 0) is 4.74 Å². The molecule has 0 aromatic heterocycles. The zero-order valence-corrected chi connectivity index (χ0v) is 12.1. The zero-order chi connectivity index (χ0) is 14.1. The van der Waals surface area contributed by atoms with Gasteiger partial charge in [0.25, 0.3) is 5.91 Å². The topological polar surface area (TPSA) is 41.6 Å². The molecule has 2 aliphatic heterocycles. The molecule has 0 radical (unpaired) electrons. The normalized spacial score (nSPS) is 25.9. The summed E-state index contributed by atoms with van der Waals surface area (Å²) >= 11 is 0. The van der Waals surface area contributed by atoms with Crippen molar-refractivity contribution < 1.29 is 9.53 Å². The summed E-state index contributed by atoms with van der Waals surface area (Å²) in [5.74, 6) is 0.619. The summed E-state index contributed by atoms with van der Waals surface area (Å²) in [7, 11) is 0. The highest BCUT2D eigenvalue weighted by atomic mass is 16.5. The number of nitrogens with zero attached hydrogens (tertiary/aromatic N) is 1. The Morgan fingerprint density at radius 2 is 2.05 bits per heavy atom. The standard InChI is InChI=1S/C16H22N2O2/c1-11(2)12-3-5-13(6-4-12)16(19)18-7-8-20-15-10-17-9-14(15)18/h3-6,11,14-15,17H,7-10H2,1-2H3/t14-,15+/m0/s1. The van der Waals surface area contributed by atoms with Crippen LogP contribution in [0.15, 0.2) is 24.3 Å². The highest BCUT2D eigenvalue weighted by molar-refractivity contribution is 5.94. The third kappa shape index (κ3) is 2.45. The van der Waals surface area contributed by atoms with Gasteiger partial charge in [0.15, 0.2) is 0 Å². The molecule has 108 valence electrons.